The SMILES string of the molecule is O=C1Cc2cc(-c3csc(NC[C@@H]4CCCO4)n3)ccc2N1. The number of amides is 1. The molecule has 5 nitrogen and oxygen atoms in total. The van der Waals surface area contributed by atoms with Gasteiger partial charge >= 0.3 is 0 Å². The van der Waals surface area contributed by atoms with Crippen LogP contribution >= 0.6 is 11.3 Å². The maximum absolute atomic E-state index is 11.4. The quantitative estimate of drug-likeness (QED) is 0.910. The third kappa shape index (κ3) is 2.71. The zero-order valence-electron chi connectivity index (χ0n) is 12.1. The summed E-state index contributed by atoms with van der Waals surface area (Å²) in [5.41, 5.74) is 3.96. The molecule has 1 saturated heterocycles. The fourth-order valence-corrected chi connectivity index (χ4v) is 3.61. The van der Waals surface area contributed by atoms with Gasteiger partial charge in [0.05, 0.1) is 18.2 Å². The number of carbonyl (C=O) groups is 1. The van der Waals surface area contributed by atoms with E-state index in [0.29, 0.717) is 12.5 Å². The van der Waals surface area contributed by atoms with E-state index >= 15 is 0 Å². The first-order chi connectivity index (χ1) is 10.8. The summed E-state index contributed by atoms with van der Waals surface area (Å²) in [4.78, 5) is 16.0. The second-order valence-electron chi connectivity index (χ2n) is 5.65. The highest BCUT2D eigenvalue weighted by Gasteiger charge is 2.19. The summed E-state index contributed by atoms with van der Waals surface area (Å²) < 4.78 is 5.60. The highest BCUT2D eigenvalue weighted by Crippen LogP contribution is 2.30. The van der Waals surface area contributed by atoms with E-state index in [4.69, 9.17) is 4.74 Å². The van der Waals surface area contributed by atoms with Gasteiger partial charge in [0.25, 0.3) is 0 Å². The number of nitrogens with zero attached hydrogens (tertiary/aromatic N) is 1. The Morgan fingerprint density at radius 3 is 3.27 bits per heavy atom. The molecular formula is C16H17N3O2S. The van der Waals surface area contributed by atoms with Gasteiger partial charge in [0.1, 0.15) is 0 Å². The van der Waals surface area contributed by atoms with Crippen molar-refractivity contribution in [3.63, 3.8) is 0 Å². The van der Waals surface area contributed by atoms with Crippen molar-refractivity contribution in [3.8, 4) is 11.3 Å². The van der Waals surface area contributed by atoms with E-state index in [-0.39, 0.29) is 5.91 Å². The topological polar surface area (TPSA) is 63.2 Å². The molecule has 2 aromatic rings. The van der Waals surface area contributed by atoms with Crippen LogP contribution in [0.3, 0.4) is 0 Å². The largest absolute Gasteiger partial charge is 0.376 e. The van der Waals surface area contributed by atoms with E-state index in [1.165, 1.54) is 0 Å². The number of rotatable bonds is 4. The van der Waals surface area contributed by atoms with Crippen molar-refractivity contribution < 1.29 is 9.53 Å². The van der Waals surface area contributed by atoms with Crippen LogP contribution in [0, 0.1) is 0 Å². The van der Waals surface area contributed by atoms with Crippen molar-refractivity contribution in [2.75, 3.05) is 23.8 Å². The molecule has 2 aliphatic heterocycles. The van der Waals surface area contributed by atoms with Crippen LogP contribution in [-0.4, -0.2) is 30.1 Å². The minimum atomic E-state index is 0.0596. The molecule has 2 N–H and O–H groups in total. The predicted molar refractivity (Wildman–Crippen MR) is 87.3 cm³/mol. The van der Waals surface area contributed by atoms with Crippen molar-refractivity contribution in [2.45, 2.75) is 25.4 Å². The van der Waals surface area contributed by atoms with Crippen molar-refractivity contribution in [1.82, 2.24) is 4.98 Å². The fraction of sp³-hybridized carbons (Fsp3) is 0.375. The highest BCUT2D eigenvalue weighted by molar-refractivity contribution is 7.14. The lowest BCUT2D eigenvalue weighted by molar-refractivity contribution is -0.115. The molecule has 2 aliphatic rings. The van der Waals surface area contributed by atoms with Gasteiger partial charge < -0.3 is 15.4 Å². The van der Waals surface area contributed by atoms with E-state index < -0.39 is 0 Å². The minimum Gasteiger partial charge on any atom is -0.376 e. The average molecular weight is 315 g/mol. The number of carbonyl (C=O) groups excluding carboxylic acids is 1. The van der Waals surface area contributed by atoms with Gasteiger partial charge in [-0.3, -0.25) is 4.79 Å². The molecule has 1 aromatic heterocycles. The van der Waals surface area contributed by atoms with Gasteiger partial charge in [0.15, 0.2) is 5.13 Å². The molecule has 0 radical (unpaired) electrons. The summed E-state index contributed by atoms with van der Waals surface area (Å²) in [7, 11) is 0. The van der Waals surface area contributed by atoms with Gasteiger partial charge in [-0.1, -0.05) is 6.07 Å². The zero-order valence-corrected chi connectivity index (χ0v) is 12.9. The second-order valence-corrected chi connectivity index (χ2v) is 6.51. The van der Waals surface area contributed by atoms with Crippen molar-refractivity contribution in [1.29, 1.82) is 0 Å². The summed E-state index contributed by atoms with van der Waals surface area (Å²) in [6, 6.07) is 6.00. The van der Waals surface area contributed by atoms with Crippen LogP contribution in [0.5, 0.6) is 0 Å². The molecule has 1 amide bonds. The first-order valence-corrected chi connectivity index (χ1v) is 8.40. The summed E-state index contributed by atoms with van der Waals surface area (Å²) in [5, 5.41) is 9.16. The Morgan fingerprint density at radius 2 is 2.41 bits per heavy atom. The first kappa shape index (κ1) is 13.7. The Bertz CT molecular complexity index is 707. The minimum absolute atomic E-state index is 0.0596. The number of hydrogen-bond donors (Lipinski definition) is 2. The van der Waals surface area contributed by atoms with E-state index in [2.05, 4.69) is 15.6 Å². The number of hydrogen-bond acceptors (Lipinski definition) is 5. The molecular weight excluding hydrogens is 298 g/mol. The molecule has 0 bridgehead atoms. The van der Waals surface area contributed by atoms with Crippen LogP contribution in [0.15, 0.2) is 23.6 Å². The zero-order chi connectivity index (χ0) is 14.9. The van der Waals surface area contributed by atoms with Crippen LogP contribution in [0.4, 0.5) is 10.8 Å². The van der Waals surface area contributed by atoms with Crippen LogP contribution in [0.2, 0.25) is 0 Å². The van der Waals surface area contributed by atoms with Crippen LogP contribution in [0.25, 0.3) is 11.3 Å². The summed E-state index contributed by atoms with van der Waals surface area (Å²) in [5.74, 6) is 0.0596. The standard InChI is InChI=1S/C16H17N3O2S/c20-15-7-11-6-10(3-4-13(11)18-15)14-9-22-16(19-14)17-8-12-2-1-5-21-12/h3-4,6,9,12H,1-2,5,7-8H2,(H,17,19)(H,18,20)/t12-/m0/s1. The maximum atomic E-state index is 11.4. The molecule has 1 aromatic carbocycles. The van der Waals surface area contributed by atoms with Gasteiger partial charge in [0.2, 0.25) is 5.91 Å². The molecule has 0 saturated carbocycles. The lowest BCUT2D eigenvalue weighted by atomic mass is 10.1. The molecule has 1 atom stereocenters. The second kappa shape index (κ2) is 5.70. The molecule has 3 heterocycles. The van der Waals surface area contributed by atoms with Crippen LogP contribution in [0.1, 0.15) is 18.4 Å². The monoisotopic (exact) mass is 315 g/mol. The molecule has 114 valence electrons. The molecule has 22 heavy (non-hydrogen) atoms. The van der Waals surface area contributed by atoms with Crippen molar-refractivity contribution in [2.24, 2.45) is 0 Å². The molecule has 0 aliphatic carbocycles. The number of fused-ring (bicyclic) bond motifs is 1. The lowest BCUT2D eigenvalue weighted by Crippen LogP contribution is -2.18. The van der Waals surface area contributed by atoms with Gasteiger partial charge in [0, 0.05) is 29.8 Å². The van der Waals surface area contributed by atoms with Crippen LogP contribution < -0.4 is 10.6 Å². The number of benzene rings is 1. The normalized spacial score (nSPS) is 20.0. The average Bonchev–Trinajstić information content (AvgIpc) is 3.24. The number of aromatic nitrogens is 1. The third-order valence-corrected chi connectivity index (χ3v) is 4.84. The number of anilines is 2. The summed E-state index contributed by atoms with van der Waals surface area (Å²) in [6.45, 7) is 1.69. The lowest BCUT2D eigenvalue weighted by Gasteiger charge is -2.09. The molecule has 0 spiro atoms. The fourth-order valence-electron chi connectivity index (χ4n) is 2.88. The highest BCUT2D eigenvalue weighted by atomic mass is 32.1. The molecule has 1 fully saturated rings. The number of thiazole rings is 1. The Morgan fingerprint density at radius 1 is 1.45 bits per heavy atom. The molecule has 6 heteroatoms. The predicted octanol–water partition coefficient (Wildman–Crippen LogP) is 2.90. The van der Waals surface area contributed by atoms with E-state index in [1.807, 2.05) is 23.6 Å². The van der Waals surface area contributed by atoms with Crippen molar-refractivity contribution >= 4 is 28.1 Å². The van der Waals surface area contributed by atoms with E-state index in [9.17, 15) is 4.79 Å². The number of nitrogens with one attached hydrogen (secondary N) is 2. The van der Waals surface area contributed by atoms with Crippen LogP contribution in [-0.2, 0) is 16.0 Å². The number of ether oxygens (including phenoxy) is 1. The van der Waals surface area contributed by atoms with Crippen molar-refractivity contribution in [3.05, 3.63) is 29.1 Å². The Kier molecular flexibility index (Phi) is 3.56. The van der Waals surface area contributed by atoms with Gasteiger partial charge in [-0.2, -0.15) is 0 Å². The van der Waals surface area contributed by atoms with Gasteiger partial charge in [-0.05, 0) is 30.5 Å². The van der Waals surface area contributed by atoms with E-state index in [1.54, 1.807) is 11.3 Å². The summed E-state index contributed by atoms with van der Waals surface area (Å²) in [6.07, 6.45) is 3.04. The third-order valence-electron chi connectivity index (χ3n) is 4.04. The van der Waals surface area contributed by atoms with Gasteiger partial charge in [-0.15, -0.1) is 11.3 Å². The van der Waals surface area contributed by atoms with E-state index in [0.717, 1.165) is 53.6 Å². The molecule has 4 rings (SSSR count). The smallest absolute Gasteiger partial charge is 0.228 e. The van der Waals surface area contributed by atoms with Gasteiger partial charge in [-0.25, -0.2) is 4.98 Å². The summed E-state index contributed by atoms with van der Waals surface area (Å²) >= 11 is 1.60. The Balaban J connectivity index is 1.47. The maximum Gasteiger partial charge on any atom is 0.228 e. The first-order valence-electron chi connectivity index (χ1n) is 7.52. The Labute approximate surface area is 132 Å². The molecule has 0 unspecified atom stereocenters. The Hall–Kier alpha value is -1.92.